The SMILES string of the molecule is COCCN(C(=O)Cl)C(C)C. The third kappa shape index (κ3) is 4.22. The predicted octanol–water partition coefficient (Wildman–Crippen LogP) is 1.70. The summed E-state index contributed by atoms with van der Waals surface area (Å²) < 4.78 is 4.82. The zero-order valence-corrected chi connectivity index (χ0v) is 7.89. The Hall–Kier alpha value is -0.280. The molecule has 66 valence electrons. The van der Waals surface area contributed by atoms with Gasteiger partial charge in [0, 0.05) is 19.7 Å². The number of rotatable bonds is 4. The van der Waals surface area contributed by atoms with Gasteiger partial charge in [-0.1, -0.05) is 0 Å². The molecule has 0 N–H and O–H groups in total. The van der Waals surface area contributed by atoms with E-state index in [4.69, 9.17) is 16.3 Å². The van der Waals surface area contributed by atoms with Crippen molar-refractivity contribution in [3.05, 3.63) is 0 Å². The smallest absolute Gasteiger partial charge is 0.316 e. The van der Waals surface area contributed by atoms with Gasteiger partial charge in [0.05, 0.1) is 6.61 Å². The first-order chi connectivity index (χ1) is 5.09. The van der Waals surface area contributed by atoms with Crippen molar-refractivity contribution < 1.29 is 9.53 Å². The van der Waals surface area contributed by atoms with E-state index in [1.807, 2.05) is 13.8 Å². The first-order valence-corrected chi connectivity index (χ1v) is 3.92. The molecule has 0 aliphatic heterocycles. The number of hydrogen-bond donors (Lipinski definition) is 0. The average Bonchev–Trinajstić information content (AvgIpc) is 1.87. The first-order valence-electron chi connectivity index (χ1n) is 3.54. The van der Waals surface area contributed by atoms with Crippen molar-refractivity contribution in [2.75, 3.05) is 20.3 Å². The number of hydrogen-bond acceptors (Lipinski definition) is 2. The van der Waals surface area contributed by atoms with E-state index in [1.165, 1.54) is 0 Å². The van der Waals surface area contributed by atoms with Crippen LogP contribution in [0.15, 0.2) is 0 Å². The molecule has 0 saturated heterocycles. The maximum absolute atomic E-state index is 10.7. The summed E-state index contributed by atoms with van der Waals surface area (Å²) in [4.78, 5) is 12.3. The van der Waals surface area contributed by atoms with Crippen LogP contribution in [0, 0.1) is 0 Å². The highest BCUT2D eigenvalue weighted by Crippen LogP contribution is 2.02. The fraction of sp³-hybridized carbons (Fsp3) is 0.857. The summed E-state index contributed by atoms with van der Waals surface area (Å²) in [5, 5.41) is -0.419. The van der Waals surface area contributed by atoms with E-state index in [2.05, 4.69) is 0 Å². The lowest BCUT2D eigenvalue weighted by molar-refractivity contribution is 0.147. The van der Waals surface area contributed by atoms with Gasteiger partial charge in [-0.2, -0.15) is 0 Å². The van der Waals surface area contributed by atoms with Gasteiger partial charge in [0.2, 0.25) is 0 Å². The van der Waals surface area contributed by atoms with Gasteiger partial charge in [-0.15, -0.1) is 0 Å². The van der Waals surface area contributed by atoms with Crippen LogP contribution in [0.5, 0.6) is 0 Å². The van der Waals surface area contributed by atoms with E-state index < -0.39 is 5.37 Å². The Morgan fingerprint density at radius 2 is 2.18 bits per heavy atom. The maximum Gasteiger partial charge on any atom is 0.316 e. The number of carbonyl (C=O) groups excluding carboxylic acids is 1. The standard InChI is InChI=1S/C7H14ClNO2/c1-6(2)9(7(8)10)4-5-11-3/h6H,4-5H2,1-3H3. The van der Waals surface area contributed by atoms with Gasteiger partial charge < -0.3 is 9.64 Å². The molecule has 0 aliphatic carbocycles. The third-order valence-electron chi connectivity index (χ3n) is 1.39. The number of amides is 1. The molecule has 0 aliphatic rings. The van der Waals surface area contributed by atoms with Crippen LogP contribution in [-0.4, -0.2) is 36.6 Å². The second-order valence-electron chi connectivity index (χ2n) is 2.53. The molecule has 0 bridgehead atoms. The van der Waals surface area contributed by atoms with Gasteiger partial charge in [-0.05, 0) is 25.4 Å². The molecular formula is C7H14ClNO2. The fourth-order valence-corrected chi connectivity index (χ4v) is 1.02. The van der Waals surface area contributed by atoms with Crippen molar-refractivity contribution in [3.8, 4) is 0 Å². The minimum Gasteiger partial charge on any atom is -0.383 e. The van der Waals surface area contributed by atoms with Crippen molar-refractivity contribution in [2.24, 2.45) is 0 Å². The molecule has 0 saturated carbocycles. The molecule has 0 heterocycles. The summed E-state index contributed by atoms with van der Waals surface area (Å²) in [6.45, 7) is 4.90. The molecule has 0 aromatic carbocycles. The van der Waals surface area contributed by atoms with Crippen molar-refractivity contribution in [2.45, 2.75) is 19.9 Å². The highest BCUT2D eigenvalue weighted by atomic mass is 35.5. The molecule has 0 aromatic heterocycles. The highest BCUT2D eigenvalue weighted by molar-refractivity contribution is 6.62. The molecule has 0 fully saturated rings. The lowest BCUT2D eigenvalue weighted by Crippen LogP contribution is -2.35. The van der Waals surface area contributed by atoms with Gasteiger partial charge in [-0.3, -0.25) is 4.79 Å². The van der Waals surface area contributed by atoms with Crippen LogP contribution in [0.25, 0.3) is 0 Å². The third-order valence-corrected chi connectivity index (χ3v) is 1.60. The summed E-state index contributed by atoms with van der Waals surface area (Å²) in [7, 11) is 1.59. The molecule has 0 radical (unpaired) electrons. The molecule has 4 heteroatoms. The second-order valence-corrected chi connectivity index (χ2v) is 2.86. The van der Waals surface area contributed by atoms with Crippen molar-refractivity contribution in [1.29, 1.82) is 0 Å². The molecule has 0 spiro atoms. The quantitative estimate of drug-likeness (QED) is 0.486. The van der Waals surface area contributed by atoms with Crippen LogP contribution in [0.2, 0.25) is 0 Å². The zero-order valence-electron chi connectivity index (χ0n) is 7.13. The maximum atomic E-state index is 10.7. The Morgan fingerprint density at radius 3 is 2.45 bits per heavy atom. The van der Waals surface area contributed by atoms with E-state index in [0.29, 0.717) is 13.2 Å². The van der Waals surface area contributed by atoms with E-state index in [1.54, 1.807) is 12.0 Å². The summed E-state index contributed by atoms with van der Waals surface area (Å²) in [5.74, 6) is 0. The number of carbonyl (C=O) groups is 1. The Balaban J connectivity index is 3.80. The summed E-state index contributed by atoms with van der Waals surface area (Å²) in [6.07, 6.45) is 0. The van der Waals surface area contributed by atoms with E-state index in [9.17, 15) is 4.79 Å². The summed E-state index contributed by atoms with van der Waals surface area (Å²) >= 11 is 5.31. The van der Waals surface area contributed by atoms with Gasteiger partial charge in [-0.25, -0.2) is 0 Å². The van der Waals surface area contributed by atoms with Crippen molar-refractivity contribution in [1.82, 2.24) is 4.90 Å². The van der Waals surface area contributed by atoms with Crippen molar-refractivity contribution in [3.63, 3.8) is 0 Å². The average molecular weight is 180 g/mol. The number of ether oxygens (including phenoxy) is 1. The van der Waals surface area contributed by atoms with Gasteiger partial charge >= 0.3 is 5.37 Å². The molecule has 0 unspecified atom stereocenters. The van der Waals surface area contributed by atoms with Crippen LogP contribution < -0.4 is 0 Å². The Labute approximate surface area is 72.3 Å². The normalized spacial score (nSPS) is 10.3. The molecule has 1 amide bonds. The molecule has 0 aromatic rings. The zero-order chi connectivity index (χ0) is 8.85. The number of methoxy groups -OCH3 is 1. The van der Waals surface area contributed by atoms with Crippen LogP contribution in [0.3, 0.4) is 0 Å². The molecule has 3 nitrogen and oxygen atoms in total. The van der Waals surface area contributed by atoms with Crippen LogP contribution in [-0.2, 0) is 4.74 Å². The minimum atomic E-state index is -0.419. The van der Waals surface area contributed by atoms with Crippen LogP contribution in [0.1, 0.15) is 13.8 Å². The lowest BCUT2D eigenvalue weighted by Gasteiger charge is -2.23. The Bertz CT molecular complexity index is 128. The predicted molar refractivity (Wildman–Crippen MR) is 45.0 cm³/mol. The topological polar surface area (TPSA) is 29.5 Å². The van der Waals surface area contributed by atoms with Gasteiger partial charge in [0.1, 0.15) is 0 Å². The number of nitrogens with zero attached hydrogens (tertiary/aromatic N) is 1. The van der Waals surface area contributed by atoms with E-state index in [-0.39, 0.29) is 6.04 Å². The molecule has 11 heavy (non-hydrogen) atoms. The summed E-state index contributed by atoms with van der Waals surface area (Å²) in [6, 6.07) is 0.134. The fourth-order valence-electron chi connectivity index (χ4n) is 0.739. The highest BCUT2D eigenvalue weighted by Gasteiger charge is 2.12. The van der Waals surface area contributed by atoms with Crippen molar-refractivity contribution >= 4 is 17.0 Å². The Kier molecular flexibility index (Phi) is 5.24. The Morgan fingerprint density at radius 1 is 1.64 bits per heavy atom. The summed E-state index contributed by atoms with van der Waals surface area (Å²) in [5.41, 5.74) is 0. The number of halogens is 1. The lowest BCUT2D eigenvalue weighted by atomic mass is 10.3. The minimum absolute atomic E-state index is 0.134. The van der Waals surface area contributed by atoms with E-state index in [0.717, 1.165) is 0 Å². The van der Waals surface area contributed by atoms with Crippen LogP contribution >= 0.6 is 11.6 Å². The van der Waals surface area contributed by atoms with E-state index >= 15 is 0 Å². The molecule has 0 rings (SSSR count). The second kappa shape index (κ2) is 5.38. The monoisotopic (exact) mass is 179 g/mol. The van der Waals surface area contributed by atoms with Crippen LogP contribution in [0.4, 0.5) is 4.79 Å². The largest absolute Gasteiger partial charge is 0.383 e. The molecule has 0 atom stereocenters. The first kappa shape index (κ1) is 10.7. The van der Waals surface area contributed by atoms with Gasteiger partial charge in [0.15, 0.2) is 0 Å². The van der Waals surface area contributed by atoms with Gasteiger partial charge in [0.25, 0.3) is 0 Å². The molecular weight excluding hydrogens is 166 g/mol.